The summed E-state index contributed by atoms with van der Waals surface area (Å²) in [5.41, 5.74) is 1.51. The molecule has 1 aromatic rings. The summed E-state index contributed by atoms with van der Waals surface area (Å²) in [6, 6.07) is 3.48. The molecule has 0 fully saturated rings. The smallest absolute Gasteiger partial charge is 0.245 e. The first-order valence-electron chi connectivity index (χ1n) is 3.22. The molecule has 0 N–H and O–H groups in total. The van der Waals surface area contributed by atoms with Gasteiger partial charge in [0, 0.05) is 11.1 Å². The van der Waals surface area contributed by atoms with Crippen LogP contribution in [0, 0.1) is 17.0 Å². The van der Waals surface area contributed by atoms with Gasteiger partial charge < -0.3 is 0 Å². The number of nitrogens with zero attached hydrogens (tertiary/aromatic N) is 2. The zero-order chi connectivity index (χ0) is 8.27. The van der Waals surface area contributed by atoms with Crippen molar-refractivity contribution in [2.24, 2.45) is 0 Å². The molecule has 0 amide bonds. The maximum atomic E-state index is 10.0. The van der Waals surface area contributed by atoms with Gasteiger partial charge >= 0.3 is 0 Å². The lowest BCUT2D eigenvalue weighted by molar-refractivity contribution is -0.497. The van der Waals surface area contributed by atoms with Crippen LogP contribution in [0.25, 0.3) is 0 Å². The fraction of sp³-hybridized carbons (Fsp3) is 0.286. The molecule has 0 saturated carbocycles. The second kappa shape index (κ2) is 3.09. The molecule has 0 aromatic carbocycles. The highest BCUT2D eigenvalue weighted by atomic mass is 16.6. The predicted molar refractivity (Wildman–Crippen MR) is 39.7 cm³/mol. The summed E-state index contributed by atoms with van der Waals surface area (Å²) < 4.78 is 0. The molecule has 0 aliphatic heterocycles. The van der Waals surface area contributed by atoms with Crippen LogP contribution in [0.1, 0.15) is 11.3 Å². The van der Waals surface area contributed by atoms with E-state index in [-0.39, 0.29) is 6.54 Å². The van der Waals surface area contributed by atoms with E-state index < -0.39 is 4.92 Å². The van der Waals surface area contributed by atoms with Gasteiger partial charge in [-0.15, -0.1) is 0 Å². The first kappa shape index (κ1) is 7.65. The molecule has 0 aliphatic rings. The first-order chi connectivity index (χ1) is 5.18. The van der Waals surface area contributed by atoms with Gasteiger partial charge in [-0.05, 0) is 18.6 Å². The minimum absolute atomic E-state index is 0.194. The Labute approximate surface area is 64.0 Å². The van der Waals surface area contributed by atoms with Gasteiger partial charge in [-0.25, -0.2) is 0 Å². The zero-order valence-electron chi connectivity index (χ0n) is 6.15. The van der Waals surface area contributed by atoms with Crippen molar-refractivity contribution in [1.29, 1.82) is 0 Å². The average molecular weight is 152 g/mol. The Morgan fingerprint density at radius 3 is 2.82 bits per heavy atom. The number of aromatic nitrogens is 1. The number of pyridine rings is 1. The van der Waals surface area contributed by atoms with E-state index in [1.807, 2.05) is 13.0 Å². The normalized spacial score (nSPS) is 9.55. The quantitative estimate of drug-likeness (QED) is 0.472. The Morgan fingerprint density at radius 2 is 2.36 bits per heavy atom. The van der Waals surface area contributed by atoms with Crippen molar-refractivity contribution in [3.8, 4) is 0 Å². The van der Waals surface area contributed by atoms with Gasteiger partial charge in [0.25, 0.3) is 0 Å². The van der Waals surface area contributed by atoms with E-state index in [2.05, 4.69) is 4.98 Å². The largest absolute Gasteiger partial charge is 0.264 e. The molecule has 4 nitrogen and oxygen atoms in total. The topological polar surface area (TPSA) is 56.0 Å². The van der Waals surface area contributed by atoms with E-state index in [0.717, 1.165) is 5.56 Å². The van der Waals surface area contributed by atoms with Crippen LogP contribution < -0.4 is 0 Å². The van der Waals surface area contributed by atoms with E-state index in [9.17, 15) is 10.1 Å². The summed E-state index contributed by atoms with van der Waals surface area (Å²) in [4.78, 5) is 13.5. The van der Waals surface area contributed by atoms with Gasteiger partial charge in [-0.3, -0.25) is 15.1 Å². The fourth-order valence-corrected chi connectivity index (χ4v) is 0.724. The molecule has 1 rings (SSSR count). The van der Waals surface area contributed by atoms with Crippen LogP contribution in [0.15, 0.2) is 18.3 Å². The minimum Gasteiger partial charge on any atom is -0.264 e. The molecule has 4 heteroatoms. The molecule has 11 heavy (non-hydrogen) atoms. The van der Waals surface area contributed by atoms with Crippen LogP contribution >= 0.6 is 0 Å². The molecule has 1 aromatic heterocycles. The monoisotopic (exact) mass is 152 g/mol. The molecule has 1 heterocycles. The molecular weight excluding hydrogens is 144 g/mol. The lowest BCUT2D eigenvalue weighted by atomic mass is 10.3. The van der Waals surface area contributed by atoms with E-state index in [4.69, 9.17) is 0 Å². The lowest BCUT2D eigenvalue weighted by Crippen LogP contribution is -2.00. The molecule has 0 radical (unpaired) electrons. The van der Waals surface area contributed by atoms with E-state index in [1.165, 1.54) is 0 Å². The average Bonchev–Trinajstić information content (AvgIpc) is 1.93. The zero-order valence-corrected chi connectivity index (χ0v) is 6.15. The fourth-order valence-electron chi connectivity index (χ4n) is 0.724. The highest BCUT2D eigenvalue weighted by Gasteiger charge is 2.00. The third-order valence-corrected chi connectivity index (χ3v) is 1.26. The third kappa shape index (κ3) is 2.33. The second-order valence-electron chi connectivity index (χ2n) is 2.32. The van der Waals surface area contributed by atoms with Crippen LogP contribution in [0.2, 0.25) is 0 Å². The van der Waals surface area contributed by atoms with Gasteiger partial charge in [-0.1, -0.05) is 6.07 Å². The van der Waals surface area contributed by atoms with Crippen molar-refractivity contribution in [3.05, 3.63) is 39.7 Å². The summed E-state index contributed by atoms with van der Waals surface area (Å²) in [5, 5.41) is 10.0. The first-order valence-corrected chi connectivity index (χ1v) is 3.22. The molecule has 0 atom stereocenters. The lowest BCUT2D eigenvalue weighted by Gasteiger charge is -1.93. The molecule has 0 spiro atoms. The van der Waals surface area contributed by atoms with E-state index >= 15 is 0 Å². The predicted octanol–water partition coefficient (Wildman–Crippen LogP) is 1.17. The molecule has 58 valence electrons. The molecule has 0 bridgehead atoms. The minimum atomic E-state index is -0.391. The molecule has 0 unspecified atom stereocenters. The Bertz CT molecular complexity index is 256. The second-order valence-corrected chi connectivity index (χ2v) is 2.32. The van der Waals surface area contributed by atoms with E-state index in [0.29, 0.717) is 5.69 Å². The number of rotatable bonds is 2. The van der Waals surface area contributed by atoms with Gasteiger partial charge in [0.15, 0.2) is 0 Å². The molecule has 0 saturated heterocycles. The number of nitro groups is 1. The van der Waals surface area contributed by atoms with Crippen molar-refractivity contribution in [3.63, 3.8) is 0 Å². The van der Waals surface area contributed by atoms with Crippen molar-refractivity contribution in [2.45, 2.75) is 13.5 Å². The van der Waals surface area contributed by atoms with Gasteiger partial charge in [-0.2, -0.15) is 0 Å². The summed E-state index contributed by atoms with van der Waals surface area (Å²) in [7, 11) is 0. The summed E-state index contributed by atoms with van der Waals surface area (Å²) in [6.07, 6.45) is 1.62. The summed E-state index contributed by atoms with van der Waals surface area (Å²) >= 11 is 0. The Hall–Kier alpha value is -1.45. The highest BCUT2D eigenvalue weighted by molar-refractivity contribution is 5.11. The van der Waals surface area contributed by atoms with Crippen LogP contribution in [0.5, 0.6) is 0 Å². The summed E-state index contributed by atoms with van der Waals surface area (Å²) in [5.74, 6) is 0. The highest BCUT2D eigenvalue weighted by Crippen LogP contribution is 1.98. The molecule has 0 aliphatic carbocycles. The number of hydrogen-bond donors (Lipinski definition) is 0. The Kier molecular flexibility index (Phi) is 2.15. The van der Waals surface area contributed by atoms with Crippen LogP contribution in [-0.2, 0) is 6.54 Å². The number of aryl methyl sites for hydroxylation is 1. The Balaban J connectivity index is 2.74. The van der Waals surface area contributed by atoms with E-state index in [1.54, 1.807) is 12.3 Å². The maximum Gasteiger partial charge on any atom is 0.245 e. The molecular formula is C7H8N2O2. The van der Waals surface area contributed by atoms with Gasteiger partial charge in [0.1, 0.15) is 5.69 Å². The van der Waals surface area contributed by atoms with Crippen molar-refractivity contribution in [1.82, 2.24) is 4.98 Å². The maximum absolute atomic E-state index is 10.0. The Morgan fingerprint density at radius 1 is 1.64 bits per heavy atom. The van der Waals surface area contributed by atoms with Crippen molar-refractivity contribution < 1.29 is 4.92 Å². The van der Waals surface area contributed by atoms with Crippen molar-refractivity contribution >= 4 is 0 Å². The van der Waals surface area contributed by atoms with Crippen LogP contribution in [-0.4, -0.2) is 9.91 Å². The third-order valence-electron chi connectivity index (χ3n) is 1.26. The van der Waals surface area contributed by atoms with Crippen LogP contribution in [0.4, 0.5) is 0 Å². The SMILES string of the molecule is Cc1ccc(C[N+](=O)[O-])nc1. The standard InChI is InChI=1S/C7H8N2O2/c1-6-2-3-7(8-4-6)5-9(10)11/h2-4H,5H2,1H3. The number of hydrogen-bond acceptors (Lipinski definition) is 3. The van der Waals surface area contributed by atoms with Crippen LogP contribution in [0.3, 0.4) is 0 Å². The van der Waals surface area contributed by atoms with Gasteiger partial charge in [0.2, 0.25) is 6.54 Å². The summed E-state index contributed by atoms with van der Waals surface area (Å²) in [6.45, 7) is 1.70. The van der Waals surface area contributed by atoms with Crippen molar-refractivity contribution in [2.75, 3.05) is 0 Å². The van der Waals surface area contributed by atoms with Gasteiger partial charge in [0.05, 0.1) is 0 Å².